The van der Waals surface area contributed by atoms with Crippen molar-refractivity contribution in [3.05, 3.63) is 52.7 Å². The Hall–Kier alpha value is -2.22. The smallest absolute Gasteiger partial charge is 0.226 e. The molecule has 1 N–H and O–H groups in total. The number of amides is 1. The highest BCUT2D eigenvalue weighted by Gasteiger charge is 2.17. The van der Waals surface area contributed by atoms with Crippen molar-refractivity contribution in [2.24, 2.45) is 5.92 Å². The largest absolute Gasteiger partial charge is 0.381 e. The lowest BCUT2D eigenvalue weighted by atomic mass is 10.1. The zero-order valence-electron chi connectivity index (χ0n) is 15.0. The van der Waals surface area contributed by atoms with Gasteiger partial charge in [-0.05, 0) is 23.9 Å². The van der Waals surface area contributed by atoms with Gasteiger partial charge < -0.3 is 19.3 Å². The normalized spacial score (nSPS) is 16.8. The molecule has 1 amide bonds. The van der Waals surface area contributed by atoms with Crippen molar-refractivity contribution in [2.75, 3.05) is 19.8 Å². The molecule has 1 unspecified atom stereocenters. The Labute approximate surface area is 161 Å². The minimum atomic E-state index is -0.0482. The number of nitrogens with one attached hydrogen (secondary N) is 1. The molecule has 0 radical (unpaired) electrons. The van der Waals surface area contributed by atoms with E-state index < -0.39 is 0 Å². The zero-order valence-corrected chi connectivity index (χ0v) is 15.8. The van der Waals surface area contributed by atoms with Gasteiger partial charge in [0.1, 0.15) is 6.61 Å². The SMILES string of the molecule is O=C(Cc1cc(COCc2cc3ccccc3s2)on1)NCC1CCOC1. The highest BCUT2D eigenvalue weighted by Crippen LogP contribution is 2.26. The molecule has 0 saturated carbocycles. The van der Waals surface area contributed by atoms with Crippen LogP contribution in [0.5, 0.6) is 0 Å². The summed E-state index contributed by atoms with van der Waals surface area (Å²) in [6, 6.07) is 12.2. The highest BCUT2D eigenvalue weighted by atomic mass is 32.1. The number of fused-ring (bicyclic) bond motifs is 1. The quantitative estimate of drug-likeness (QED) is 0.643. The molecule has 3 aromatic rings. The fraction of sp³-hybridized carbons (Fsp3) is 0.400. The second-order valence-electron chi connectivity index (χ2n) is 6.74. The van der Waals surface area contributed by atoms with E-state index in [0.29, 0.717) is 37.1 Å². The molecule has 1 saturated heterocycles. The molecule has 1 aromatic carbocycles. The number of hydrogen-bond acceptors (Lipinski definition) is 6. The number of benzene rings is 1. The number of carbonyl (C=O) groups is 1. The van der Waals surface area contributed by atoms with E-state index in [1.54, 1.807) is 17.4 Å². The summed E-state index contributed by atoms with van der Waals surface area (Å²) in [6.45, 7) is 3.03. The number of aromatic nitrogens is 1. The number of carbonyl (C=O) groups excluding carboxylic acids is 1. The summed E-state index contributed by atoms with van der Waals surface area (Å²) >= 11 is 1.73. The maximum Gasteiger partial charge on any atom is 0.226 e. The maximum atomic E-state index is 12.0. The molecule has 3 heterocycles. The Balaban J connectivity index is 1.21. The molecule has 1 aliphatic rings. The van der Waals surface area contributed by atoms with Crippen LogP contribution >= 0.6 is 11.3 Å². The first kappa shape index (κ1) is 18.2. The Kier molecular flexibility index (Phi) is 5.81. The Morgan fingerprint density at radius 3 is 3.07 bits per heavy atom. The molecule has 1 aliphatic heterocycles. The van der Waals surface area contributed by atoms with Gasteiger partial charge in [-0.25, -0.2) is 0 Å². The summed E-state index contributed by atoms with van der Waals surface area (Å²) in [5.74, 6) is 1.00. The van der Waals surface area contributed by atoms with Crippen molar-refractivity contribution < 1.29 is 18.8 Å². The van der Waals surface area contributed by atoms with Crippen LogP contribution in [0.25, 0.3) is 10.1 Å². The lowest BCUT2D eigenvalue weighted by Crippen LogP contribution is -2.30. The molecule has 1 atom stereocenters. The van der Waals surface area contributed by atoms with Crippen LogP contribution in [0.15, 0.2) is 40.9 Å². The second-order valence-corrected chi connectivity index (χ2v) is 7.91. The Bertz CT molecular complexity index is 865. The molecule has 4 rings (SSSR count). The van der Waals surface area contributed by atoms with E-state index >= 15 is 0 Å². The third-order valence-electron chi connectivity index (χ3n) is 4.53. The van der Waals surface area contributed by atoms with Gasteiger partial charge in [0.15, 0.2) is 5.76 Å². The van der Waals surface area contributed by atoms with Crippen LogP contribution in [0.3, 0.4) is 0 Å². The van der Waals surface area contributed by atoms with Crippen LogP contribution < -0.4 is 5.32 Å². The van der Waals surface area contributed by atoms with Gasteiger partial charge in [-0.15, -0.1) is 11.3 Å². The van der Waals surface area contributed by atoms with Gasteiger partial charge in [-0.2, -0.15) is 0 Å². The van der Waals surface area contributed by atoms with Crippen LogP contribution in [0, 0.1) is 5.92 Å². The predicted octanol–water partition coefficient (Wildman–Crippen LogP) is 3.30. The Morgan fingerprint density at radius 2 is 2.22 bits per heavy atom. The van der Waals surface area contributed by atoms with Crippen LogP contribution in [0.2, 0.25) is 0 Å². The fourth-order valence-electron chi connectivity index (χ4n) is 3.10. The van der Waals surface area contributed by atoms with E-state index in [4.69, 9.17) is 14.0 Å². The summed E-state index contributed by atoms with van der Waals surface area (Å²) in [4.78, 5) is 13.2. The minimum Gasteiger partial charge on any atom is -0.381 e. The summed E-state index contributed by atoms with van der Waals surface area (Å²) in [5.41, 5.74) is 0.621. The topological polar surface area (TPSA) is 73.6 Å². The molecule has 7 heteroatoms. The average molecular weight is 386 g/mol. The lowest BCUT2D eigenvalue weighted by Gasteiger charge is -2.08. The first-order valence-corrected chi connectivity index (χ1v) is 9.92. The van der Waals surface area contributed by atoms with Crippen molar-refractivity contribution in [3.8, 4) is 0 Å². The van der Waals surface area contributed by atoms with Gasteiger partial charge >= 0.3 is 0 Å². The first-order chi connectivity index (χ1) is 13.3. The van der Waals surface area contributed by atoms with E-state index in [0.717, 1.165) is 19.6 Å². The number of rotatable bonds is 8. The van der Waals surface area contributed by atoms with Crippen molar-refractivity contribution in [1.29, 1.82) is 0 Å². The van der Waals surface area contributed by atoms with Crippen molar-refractivity contribution in [1.82, 2.24) is 10.5 Å². The predicted molar refractivity (Wildman–Crippen MR) is 102 cm³/mol. The van der Waals surface area contributed by atoms with E-state index in [1.165, 1.54) is 15.0 Å². The minimum absolute atomic E-state index is 0.0482. The van der Waals surface area contributed by atoms with Gasteiger partial charge in [0, 0.05) is 34.7 Å². The summed E-state index contributed by atoms with van der Waals surface area (Å²) in [5, 5.41) is 8.12. The molecule has 142 valence electrons. The summed E-state index contributed by atoms with van der Waals surface area (Å²) < 4.78 is 17.6. The monoisotopic (exact) mass is 386 g/mol. The summed E-state index contributed by atoms with van der Waals surface area (Å²) in [7, 11) is 0. The molecular formula is C20H22N2O4S. The van der Waals surface area contributed by atoms with Crippen LogP contribution in [0.4, 0.5) is 0 Å². The molecule has 0 bridgehead atoms. The van der Waals surface area contributed by atoms with Gasteiger partial charge in [-0.3, -0.25) is 4.79 Å². The average Bonchev–Trinajstić information content (AvgIpc) is 3.41. The third kappa shape index (κ3) is 4.94. The van der Waals surface area contributed by atoms with Crippen molar-refractivity contribution in [2.45, 2.75) is 26.1 Å². The highest BCUT2D eigenvalue weighted by molar-refractivity contribution is 7.19. The van der Waals surface area contributed by atoms with E-state index in [-0.39, 0.29) is 12.3 Å². The standard InChI is InChI=1S/C20H22N2O4S/c23-20(21-10-14-5-6-24-11-14)9-16-8-17(26-22-16)12-25-13-18-7-15-3-1-2-4-19(15)27-18/h1-4,7-8,14H,5-6,9-13H2,(H,21,23). The maximum absolute atomic E-state index is 12.0. The fourth-order valence-corrected chi connectivity index (χ4v) is 4.10. The van der Waals surface area contributed by atoms with Crippen molar-refractivity contribution in [3.63, 3.8) is 0 Å². The second kappa shape index (κ2) is 8.65. The molecule has 2 aromatic heterocycles. The molecule has 27 heavy (non-hydrogen) atoms. The van der Waals surface area contributed by atoms with E-state index in [9.17, 15) is 4.79 Å². The van der Waals surface area contributed by atoms with E-state index in [2.05, 4.69) is 28.7 Å². The molecule has 1 fully saturated rings. The van der Waals surface area contributed by atoms with Gasteiger partial charge in [0.2, 0.25) is 5.91 Å². The van der Waals surface area contributed by atoms with Crippen LogP contribution in [-0.2, 0) is 33.9 Å². The molecular weight excluding hydrogens is 364 g/mol. The number of thiophene rings is 1. The number of hydrogen-bond donors (Lipinski definition) is 1. The first-order valence-electron chi connectivity index (χ1n) is 9.10. The van der Waals surface area contributed by atoms with Gasteiger partial charge in [0.25, 0.3) is 0 Å². The molecule has 0 spiro atoms. The third-order valence-corrected chi connectivity index (χ3v) is 5.62. The summed E-state index contributed by atoms with van der Waals surface area (Å²) in [6.07, 6.45) is 1.22. The molecule has 6 nitrogen and oxygen atoms in total. The van der Waals surface area contributed by atoms with Crippen LogP contribution in [-0.4, -0.2) is 30.8 Å². The number of nitrogens with zero attached hydrogens (tertiary/aromatic N) is 1. The van der Waals surface area contributed by atoms with Crippen LogP contribution in [0.1, 0.15) is 22.8 Å². The Morgan fingerprint density at radius 1 is 1.30 bits per heavy atom. The molecule has 0 aliphatic carbocycles. The van der Waals surface area contributed by atoms with E-state index in [1.807, 2.05) is 12.1 Å². The van der Waals surface area contributed by atoms with Gasteiger partial charge in [0.05, 0.1) is 25.3 Å². The van der Waals surface area contributed by atoms with Gasteiger partial charge in [-0.1, -0.05) is 23.4 Å². The zero-order chi connectivity index (χ0) is 18.5. The lowest BCUT2D eigenvalue weighted by molar-refractivity contribution is -0.120. The van der Waals surface area contributed by atoms with Crippen molar-refractivity contribution >= 4 is 27.3 Å². The number of ether oxygens (including phenoxy) is 2.